The number of ether oxygens (including phenoxy) is 1. The molecule has 0 amide bonds. The maximum atomic E-state index is 10.0. The van der Waals surface area contributed by atoms with E-state index in [2.05, 4.69) is 30.0 Å². The number of hydrogen-bond acceptors (Lipinski definition) is 3. The molecule has 0 fully saturated rings. The summed E-state index contributed by atoms with van der Waals surface area (Å²) in [5.41, 5.74) is 2.41. The summed E-state index contributed by atoms with van der Waals surface area (Å²) < 4.78 is 5.10. The molecule has 0 aromatic heterocycles. The number of nitrogens with zero attached hydrogens (tertiary/aromatic N) is 1. The third kappa shape index (κ3) is 4.13. The molecule has 0 heterocycles. The fraction of sp³-hybridized carbons (Fsp3) is 0.417. The van der Waals surface area contributed by atoms with E-state index in [9.17, 15) is 4.79 Å². The molecular weight excluding hydrogens is 190 g/mol. The molecule has 1 rings (SSSR count). The van der Waals surface area contributed by atoms with Crippen LogP contribution in [-0.2, 0) is 9.53 Å². The topological polar surface area (TPSA) is 29.5 Å². The lowest BCUT2D eigenvalue weighted by molar-refractivity contribution is -0.111. The van der Waals surface area contributed by atoms with Crippen LogP contribution in [0.15, 0.2) is 24.3 Å². The van der Waals surface area contributed by atoms with Crippen LogP contribution in [0.25, 0.3) is 0 Å². The Morgan fingerprint density at radius 2 is 2.27 bits per heavy atom. The molecule has 15 heavy (non-hydrogen) atoms. The van der Waals surface area contributed by atoms with Gasteiger partial charge in [0.2, 0.25) is 0 Å². The predicted octanol–water partition coefficient (Wildman–Crippen LogP) is 1.65. The summed E-state index contributed by atoms with van der Waals surface area (Å²) in [6, 6.07) is 8.29. The second-order valence-corrected chi connectivity index (χ2v) is 3.50. The molecule has 0 saturated carbocycles. The molecule has 0 spiro atoms. The third-order valence-electron chi connectivity index (χ3n) is 2.20. The van der Waals surface area contributed by atoms with Crippen molar-refractivity contribution in [1.82, 2.24) is 0 Å². The molecule has 1 aromatic rings. The Kier molecular flexibility index (Phi) is 4.84. The van der Waals surface area contributed by atoms with E-state index in [4.69, 9.17) is 4.74 Å². The van der Waals surface area contributed by atoms with E-state index < -0.39 is 0 Å². The molecule has 3 heteroatoms. The van der Waals surface area contributed by atoms with Gasteiger partial charge in [0, 0.05) is 19.3 Å². The van der Waals surface area contributed by atoms with E-state index in [1.54, 1.807) is 0 Å². The Bertz CT molecular complexity index is 312. The summed E-state index contributed by atoms with van der Waals surface area (Å²) in [5, 5.41) is 0. The zero-order valence-electron chi connectivity index (χ0n) is 9.27. The fourth-order valence-corrected chi connectivity index (χ4v) is 1.33. The molecule has 0 N–H and O–H groups in total. The Labute approximate surface area is 90.7 Å². The number of carbonyl (C=O) groups excluding carboxylic acids is 1. The largest absolute Gasteiger partial charge is 0.372 e. The Hall–Kier alpha value is -1.35. The summed E-state index contributed by atoms with van der Waals surface area (Å²) in [4.78, 5) is 12.1. The minimum Gasteiger partial charge on any atom is -0.372 e. The maximum absolute atomic E-state index is 10.0. The van der Waals surface area contributed by atoms with Gasteiger partial charge in [0.05, 0.1) is 6.61 Å². The fourth-order valence-electron chi connectivity index (χ4n) is 1.33. The summed E-state index contributed by atoms with van der Waals surface area (Å²) >= 11 is 0. The molecule has 0 aliphatic heterocycles. The monoisotopic (exact) mass is 207 g/mol. The normalized spacial score (nSPS) is 10.0. The lowest BCUT2D eigenvalue weighted by atomic mass is 10.2. The second kappa shape index (κ2) is 6.19. The van der Waals surface area contributed by atoms with Crippen molar-refractivity contribution in [2.24, 2.45) is 0 Å². The van der Waals surface area contributed by atoms with Gasteiger partial charge in [0.1, 0.15) is 12.9 Å². The minimum absolute atomic E-state index is 0.182. The standard InChI is InChI=1S/C12H17NO2/c1-11-4-3-5-12(10-11)13(2)6-8-15-9-7-14/h3-5,7,10H,6,8-9H2,1-2H3. The molecule has 82 valence electrons. The van der Waals surface area contributed by atoms with Crippen LogP contribution in [0.4, 0.5) is 5.69 Å². The van der Waals surface area contributed by atoms with Crippen LogP contribution in [0.5, 0.6) is 0 Å². The highest BCUT2D eigenvalue weighted by Gasteiger charge is 1.99. The SMILES string of the molecule is Cc1cccc(N(C)CCOCC=O)c1. The van der Waals surface area contributed by atoms with E-state index in [0.717, 1.165) is 12.8 Å². The Morgan fingerprint density at radius 3 is 2.93 bits per heavy atom. The first-order chi connectivity index (χ1) is 7.24. The summed E-state index contributed by atoms with van der Waals surface area (Å²) in [7, 11) is 2.01. The van der Waals surface area contributed by atoms with Crippen molar-refractivity contribution in [2.45, 2.75) is 6.92 Å². The van der Waals surface area contributed by atoms with Crippen LogP contribution in [-0.4, -0.2) is 33.1 Å². The first kappa shape index (κ1) is 11.7. The van der Waals surface area contributed by atoms with Gasteiger partial charge in [0.25, 0.3) is 0 Å². The van der Waals surface area contributed by atoms with E-state index in [-0.39, 0.29) is 6.61 Å². The number of aldehydes is 1. The summed E-state index contributed by atoms with van der Waals surface area (Å²) in [5.74, 6) is 0. The van der Waals surface area contributed by atoms with Crippen molar-refractivity contribution in [3.8, 4) is 0 Å². The Morgan fingerprint density at radius 1 is 1.47 bits per heavy atom. The number of rotatable bonds is 6. The number of hydrogen-bond donors (Lipinski definition) is 0. The van der Waals surface area contributed by atoms with Crippen molar-refractivity contribution < 1.29 is 9.53 Å². The van der Waals surface area contributed by atoms with Gasteiger partial charge >= 0.3 is 0 Å². The molecule has 0 aliphatic carbocycles. The Balaban J connectivity index is 2.39. The highest BCUT2D eigenvalue weighted by atomic mass is 16.5. The van der Waals surface area contributed by atoms with Gasteiger partial charge in [-0.05, 0) is 24.6 Å². The maximum Gasteiger partial charge on any atom is 0.145 e. The van der Waals surface area contributed by atoms with Crippen LogP contribution in [0, 0.1) is 6.92 Å². The van der Waals surface area contributed by atoms with Gasteiger partial charge in [-0.1, -0.05) is 12.1 Å². The minimum atomic E-state index is 0.182. The van der Waals surface area contributed by atoms with E-state index >= 15 is 0 Å². The van der Waals surface area contributed by atoms with Crippen molar-refractivity contribution in [3.05, 3.63) is 29.8 Å². The van der Waals surface area contributed by atoms with Crippen molar-refractivity contribution in [2.75, 3.05) is 31.7 Å². The number of benzene rings is 1. The van der Waals surface area contributed by atoms with E-state index in [1.807, 2.05) is 13.1 Å². The molecule has 0 bridgehead atoms. The molecule has 0 atom stereocenters. The molecule has 0 unspecified atom stereocenters. The number of aryl methyl sites for hydroxylation is 1. The van der Waals surface area contributed by atoms with Crippen LogP contribution in [0.2, 0.25) is 0 Å². The van der Waals surface area contributed by atoms with E-state index in [0.29, 0.717) is 6.61 Å². The second-order valence-electron chi connectivity index (χ2n) is 3.50. The molecule has 3 nitrogen and oxygen atoms in total. The van der Waals surface area contributed by atoms with Crippen LogP contribution < -0.4 is 4.90 Å². The van der Waals surface area contributed by atoms with Crippen LogP contribution in [0.3, 0.4) is 0 Å². The average molecular weight is 207 g/mol. The zero-order chi connectivity index (χ0) is 11.1. The number of likely N-dealkylation sites (N-methyl/N-ethyl adjacent to an activating group) is 1. The lowest BCUT2D eigenvalue weighted by Crippen LogP contribution is -2.22. The molecule has 0 radical (unpaired) electrons. The summed E-state index contributed by atoms with van der Waals surface area (Å²) in [6.07, 6.45) is 0.771. The highest BCUT2D eigenvalue weighted by molar-refractivity contribution is 5.50. The number of anilines is 1. The molecule has 1 aromatic carbocycles. The van der Waals surface area contributed by atoms with Gasteiger partial charge in [-0.25, -0.2) is 0 Å². The van der Waals surface area contributed by atoms with Crippen molar-refractivity contribution in [1.29, 1.82) is 0 Å². The van der Waals surface area contributed by atoms with E-state index in [1.165, 1.54) is 11.3 Å². The van der Waals surface area contributed by atoms with Gasteiger partial charge in [-0.15, -0.1) is 0 Å². The van der Waals surface area contributed by atoms with Gasteiger partial charge in [-0.3, -0.25) is 0 Å². The van der Waals surface area contributed by atoms with Gasteiger partial charge in [0.15, 0.2) is 0 Å². The average Bonchev–Trinajstić information content (AvgIpc) is 2.24. The van der Waals surface area contributed by atoms with Crippen LogP contribution in [0.1, 0.15) is 5.56 Å². The quantitative estimate of drug-likeness (QED) is 0.524. The first-order valence-corrected chi connectivity index (χ1v) is 5.03. The number of carbonyl (C=O) groups is 1. The smallest absolute Gasteiger partial charge is 0.145 e. The summed E-state index contributed by atoms with van der Waals surface area (Å²) in [6.45, 7) is 3.61. The van der Waals surface area contributed by atoms with Gasteiger partial charge in [-0.2, -0.15) is 0 Å². The predicted molar refractivity (Wildman–Crippen MR) is 61.3 cm³/mol. The molecule has 0 aliphatic rings. The van der Waals surface area contributed by atoms with Crippen molar-refractivity contribution >= 4 is 12.0 Å². The van der Waals surface area contributed by atoms with Crippen LogP contribution >= 0.6 is 0 Å². The van der Waals surface area contributed by atoms with Gasteiger partial charge < -0.3 is 14.4 Å². The van der Waals surface area contributed by atoms with Crippen molar-refractivity contribution in [3.63, 3.8) is 0 Å². The first-order valence-electron chi connectivity index (χ1n) is 5.03. The highest BCUT2D eigenvalue weighted by Crippen LogP contribution is 2.13. The lowest BCUT2D eigenvalue weighted by Gasteiger charge is -2.19. The third-order valence-corrected chi connectivity index (χ3v) is 2.20. The molecule has 0 saturated heterocycles. The zero-order valence-corrected chi connectivity index (χ0v) is 9.27. The molecular formula is C12H17NO2.